The zero-order valence-electron chi connectivity index (χ0n) is 15.1. The maximum Gasteiger partial charge on any atom is 0.308 e. The number of para-hydroxylation sites is 1. The lowest BCUT2D eigenvalue weighted by atomic mass is 9.90. The standard InChI is InChI=1S/C21H21N3O3/c1-27-19-4-2-3-15-5-6-16(23-20(15)19)11-24-12-17(18(13-24)21(25)26)14-7-9-22-10-8-14/h2-10,17-18H,11-13H2,1H3,(H,25,26)/t17-,18+/m0/s1. The van der Waals surface area contributed by atoms with E-state index >= 15 is 0 Å². The fraction of sp³-hybridized carbons (Fsp3) is 0.286. The Kier molecular flexibility index (Phi) is 4.73. The predicted molar refractivity (Wildman–Crippen MR) is 102 cm³/mol. The van der Waals surface area contributed by atoms with Crippen LogP contribution in [0, 0.1) is 5.92 Å². The van der Waals surface area contributed by atoms with E-state index in [1.165, 1.54) is 0 Å². The van der Waals surface area contributed by atoms with Gasteiger partial charge in [0.1, 0.15) is 11.3 Å². The van der Waals surface area contributed by atoms with Crippen molar-refractivity contribution in [2.45, 2.75) is 12.5 Å². The molecule has 1 aliphatic rings. The molecule has 0 aliphatic carbocycles. The molecule has 1 aliphatic heterocycles. The second-order valence-corrected chi connectivity index (χ2v) is 6.86. The summed E-state index contributed by atoms with van der Waals surface area (Å²) in [6.07, 6.45) is 3.43. The Morgan fingerprint density at radius 1 is 1.19 bits per heavy atom. The first-order valence-electron chi connectivity index (χ1n) is 8.93. The summed E-state index contributed by atoms with van der Waals surface area (Å²) in [6, 6.07) is 13.7. The molecule has 3 aromatic rings. The fourth-order valence-electron chi connectivity index (χ4n) is 3.86. The molecule has 4 rings (SSSR count). The molecule has 0 saturated carbocycles. The van der Waals surface area contributed by atoms with Crippen LogP contribution in [-0.2, 0) is 11.3 Å². The smallest absolute Gasteiger partial charge is 0.308 e. The molecule has 2 aromatic heterocycles. The highest BCUT2D eigenvalue weighted by Crippen LogP contribution is 2.33. The number of carboxylic acid groups (broad SMARTS) is 1. The number of hydrogen-bond donors (Lipinski definition) is 1. The Labute approximate surface area is 157 Å². The third kappa shape index (κ3) is 3.48. The van der Waals surface area contributed by atoms with E-state index in [-0.39, 0.29) is 5.92 Å². The SMILES string of the molecule is COc1cccc2ccc(CN3C[C@@H](C(=O)O)[C@H](c4ccncc4)C3)nc12. The zero-order valence-corrected chi connectivity index (χ0v) is 15.1. The molecule has 138 valence electrons. The van der Waals surface area contributed by atoms with Gasteiger partial charge in [-0.15, -0.1) is 0 Å². The number of rotatable bonds is 5. The van der Waals surface area contributed by atoms with Crippen molar-refractivity contribution in [3.05, 3.63) is 66.1 Å². The molecule has 0 bridgehead atoms. The van der Waals surface area contributed by atoms with Crippen LogP contribution >= 0.6 is 0 Å². The van der Waals surface area contributed by atoms with Gasteiger partial charge in [-0.1, -0.05) is 18.2 Å². The van der Waals surface area contributed by atoms with Crippen molar-refractivity contribution in [2.24, 2.45) is 5.92 Å². The highest BCUT2D eigenvalue weighted by atomic mass is 16.5. The maximum atomic E-state index is 11.8. The van der Waals surface area contributed by atoms with Crippen molar-refractivity contribution < 1.29 is 14.6 Å². The minimum Gasteiger partial charge on any atom is -0.494 e. The Morgan fingerprint density at radius 2 is 2.00 bits per heavy atom. The quantitative estimate of drug-likeness (QED) is 0.751. The van der Waals surface area contributed by atoms with E-state index in [2.05, 4.69) is 9.88 Å². The van der Waals surface area contributed by atoms with Crippen LogP contribution in [0.1, 0.15) is 17.2 Å². The summed E-state index contributed by atoms with van der Waals surface area (Å²) >= 11 is 0. The van der Waals surface area contributed by atoms with Crippen LogP contribution < -0.4 is 4.74 Å². The number of benzene rings is 1. The second kappa shape index (κ2) is 7.32. The van der Waals surface area contributed by atoms with Gasteiger partial charge >= 0.3 is 5.97 Å². The molecule has 0 spiro atoms. The lowest BCUT2D eigenvalue weighted by molar-refractivity contribution is -0.141. The van der Waals surface area contributed by atoms with E-state index < -0.39 is 11.9 Å². The van der Waals surface area contributed by atoms with Crippen molar-refractivity contribution in [3.8, 4) is 5.75 Å². The van der Waals surface area contributed by atoms with Crippen molar-refractivity contribution in [1.29, 1.82) is 0 Å². The van der Waals surface area contributed by atoms with Gasteiger partial charge in [-0.25, -0.2) is 4.98 Å². The lowest BCUT2D eigenvalue weighted by Crippen LogP contribution is -2.23. The topological polar surface area (TPSA) is 75.5 Å². The summed E-state index contributed by atoms with van der Waals surface area (Å²) in [5.41, 5.74) is 2.76. The van der Waals surface area contributed by atoms with Crippen molar-refractivity contribution >= 4 is 16.9 Å². The molecule has 1 aromatic carbocycles. The number of aromatic nitrogens is 2. The van der Waals surface area contributed by atoms with Crippen molar-refractivity contribution in [1.82, 2.24) is 14.9 Å². The minimum atomic E-state index is -0.757. The van der Waals surface area contributed by atoms with Gasteiger partial charge in [0.05, 0.1) is 18.7 Å². The zero-order chi connectivity index (χ0) is 18.8. The van der Waals surface area contributed by atoms with Gasteiger partial charge < -0.3 is 9.84 Å². The maximum absolute atomic E-state index is 11.8. The number of fused-ring (bicyclic) bond motifs is 1. The van der Waals surface area contributed by atoms with E-state index in [4.69, 9.17) is 9.72 Å². The van der Waals surface area contributed by atoms with Crippen LogP contribution in [0.5, 0.6) is 5.75 Å². The van der Waals surface area contributed by atoms with Gasteiger partial charge in [-0.05, 0) is 29.8 Å². The summed E-state index contributed by atoms with van der Waals surface area (Å²) < 4.78 is 5.42. The molecule has 6 heteroatoms. The molecule has 1 fully saturated rings. The molecule has 1 N–H and O–H groups in total. The fourth-order valence-corrected chi connectivity index (χ4v) is 3.86. The van der Waals surface area contributed by atoms with Crippen LogP contribution in [0.2, 0.25) is 0 Å². The van der Waals surface area contributed by atoms with Crippen LogP contribution in [-0.4, -0.2) is 46.1 Å². The first-order chi connectivity index (χ1) is 13.2. The van der Waals surface area contributed by atoms with Gasteiger partial charge in [0.15, 0.2) is 0 Å². The van der Waals surface area contributed by atoms with E-state index in [1.54, 1.807) is 19.5 Å². The Hall–Kier alpha value is -2.99. The Balaban J connectivity index is 1.58. The Bertz CT molecular complexity index is 961. The molecule has 0 unspecified atom stereocenters. The van der Waals surface area contributed by atoms with Gasteiger partial charge in [-0.3, -0.25) is 14.7 Å². The van der Waals surface area contributed by atoms with Gasteiger partial charge in [0, 0.05) is 43.3 Å². The summed E-state index contributed by atoms with van der Waals surface area (Å²) in [5, 5.41) is 10.7. The van der Waals surface area contributed by atoms with Crippen molar-refractivity contribution in [2.75, 3.05) is 20.2 Å². The summed E-state index contributed by atoms with van der Waals surface area (Å²) in [7, 11) is 1.64. The number of aliphatic carboxylic acids is 1. The summed E-state index contributed by atoms with van der Waals surface area (Å²) in [6.45, 7) is 1.81. The molecule has 6 nitrogen and oxygen atoms in total. The molecular weight excluding hydrogens is 342 g/mol. The van der Waals surface area contributed by atoms with Gasteiger partial charge in [0.2, 0.25) is 0 Å². The monoisotopic (exact) mass is 363 g/mol. The van der Waals surface area contributed by atoms with Crippen LogP contribution in [0.25, 0.3) is 10.9 Å². The number of ether oxygens (including phenoxy) is 1. The van der Waals surface area contributed by atoms with E-state index in [9.17, 15) is 9.90 Å². The highest BCUT2D eigenvalue weighted by molar-refractivity contribution is 5.84. The number of nitrogens with zero attached hydrogens (tertiary/aromatic N) is 3. The number of likely N-dealkylation sites (tertiary alicyclic amines) is 1. The van der Waals surface area contributed by atoms with Crippen LogP contribution in [0.4, 0.5) is 0 Å². The molecule has 2 atom stereocenters. The minimum absolute atomic E-state index is 0.0412. The second-order valence-electron chi connectivity index (χ2n) is 6.86. The first-order valence-corrected chi connectivity index (χ1v) is 8.93. The normalized spacial score (nSPS) is 20.0. The summed E-state index contributed by atoms with van der Waals surface area (Å²) in [5.74, 6) is -0.482. The molecule has 27 heavy (non-hydrogen) atoms. The van der Waals surface area contributed by atoms with E-state index in [0.717, 1.165) is 27.9 Å². The molecule has 3 heterocycles. The number of carbonyl (C=O) groups is 1. The largest absolute Gasteiger partial charge is 0.494 e. The first kappa shape index (κ1) is 17.4. The molecule has 1 saturated heterocycles. The van der Waals surface area contributed by atoms with Gasteiger partial charge in [-0.2, -0.15) is 0 Å². The van der Waals surface area contributed by atoms with E-state index in [1.807, 2.05) is 42.5 Å². The lowest BCUT2D eigenvalue weighted by Gasteiger charge is -2.16. The van der Waals surface area contributed by atoms with E-state index in [0.29, 0.717) is 19.6 Å². The summed E-state index contributed by atoms with van der Waals surface area (Å²) in [4.78, 5) is 22.7. The predicted octanol–water partition coefficient (Wildman–Crippen LogP) is 2.94. The van der Waals surface area contributed by atoms with Crippen molar-refractivity contribution in [3.63, 3.8) is 0 Å². The number of hydrogen-bond acceptors (Lipinski definition) is 5. The number of carboxylic acids is 1. The number of methoxy groups -OCH3 is 1. The van der Waals surface area contributed by atoms with Crippen LogP contribution in [0.15, 0.2) is 54.9 Å². The molecule has 0 amide bonds. The average molecular weight is 363 g/mol. The highest BCUT2D eigenvalue weighted by Gasteiger charge is 2.38. The van der Waals surface area contributed by atoms with Gasteiger partial charge in [0.25, 0.3) is 0 Å². The third-order valence-corrected chi connectivity index (χ3v) is 5.19. The molecular formula is C21H21N3O3. The third-order valence-electron chi connectivity index (χ3n) is 5.19. The van der Waals surface area contributed by atoms with Crippen LogP contribution in [0.3, 0.4) is 0 Å². The number of pyridine rings is 2. The molecule has 0 radical (unpaired) electrons. The Morgan fingerprint density at radius 3 is 2.74 bits per heavy atom. The average Bonchev–Trinajstić information content (AvgIpc) is 3.12.